The lowest BCUT2D eigenvalue weighted by Crippen LogP contribution is -2.49. The quantitative estimate of drug-likeness (QED) is 0.323. The van der Waals surface area contributed by atoms with Crippen molar-refractivity contribution < 1.29 is 23.9 Å². The number of hydrogen-bond donors (Lipinski definition) is 3. The largest absolute Gasteiger partial charge is 0.484 e. The molecule has 0 aliphatic rings. The first-order valence-electron chi connectivity index (χ1n) is 10.5. The number of hydrazine groups is 1. The number of hydrogen-bond acceptors (Lipinski definition) is 6. The van der Waals surface area contributed by atoms with Crippen LogP contribution in [0.5, 0.6) is 5.75 Å². The summed E-state index contributed by atoms with van der Waals surface area (Å²) in [5, 5.41) is 2.44. The summed E-state index contributed by atoms with van der Waals surface area (Å²) in [5.41, 5.74) is 6.75. The van der Waals surface area contributed by atoms with Gasteiger partial charge in [-0.1, -0.05) is 39.8 Å². The Morgan fingerprint density at radius 2 is 1.52 bits per heavy atom. The van der Waals surface area contributed by atoms with Gasteiger partial charge in [0.25, 0.3) is 11.8 Å². The van der Waals surface area contributed by atoms with Crippen molar-refractivity contribution in [2.45, 2.75) is 39.5 Å². The number of carbonyl (C=O) groups is 3. The molecule has 0 unspecified atom stereocenters. The molecule has 2 amide bonds. The van der Waals surface area contributed by atoms with Crippen molar-refractivity contribution in [3.05, 3.63) is 65.2 Å². The van der Waals surface area contributed by atoms with Crippen LogP contribution in [0.25, 0.3) is 0 Å². The first-order valence-corrected chi connectivity index (χ1v) is 10.9. The normalized spacial score (nSPS) is 10.7. The maximum atomic E-state index is 12.3. The Morgan fingerprint density at radius 1 is 0.909 bits per heavy atom. The van der Waals surface area contributed by atoms with Gasteiger partial charge in [-0.2, -0.15) is 0 Å². The number of carbonyl (C=O) groups excluding carboxylic acids is 3. The van der Waals surface area contributed by atoms with Crippen LogP contribution in [0.4, 0.5) is 0 Å². The summed E-state index contributed by atoms with van der Waals surface area (Å²) in [6, 6.07) is 13.5. The van der Waals surface area contributed by atoms with E-state index in [0.717, 1.165) is 12.0 Å². The van der Waals surface area contributed by atoms with E-state index < -0.39 is 17.8 Å². The van der Waals surface area contributed by atoms with Crippen molar-refractivity contribution in [1.82, 2.24) is 16.2 Å². The zero-order chi connectivity index (χ0) is 24.4. The molecule has 2 aromatic rings. The topological polar surface area (TPSA) is 106 Å². The molecule has 33 heavy (non-hydrogen) atoms. The van der Waals surface area contributed by atoms with Crippen LogP contribution in [-0.2, 0) is 14.9 Å². The lowest BCUT2D eigenvalue weighted by atomic mass is 9.87. The molecule has 9 heteroatoms. The zero-order valence-corrected chi connectivity index (χ0v) is 20.0. The van der Waals surface area contributed by atoms with Gasteiger partial charge in [0.15, 0.2) is 11.7 Å². The second-order valence-corrected chi connectivity index (χ2v) is 8.64. The first-order chi connectivity index (χ1) is 15.6. The van der Waals surface area contributed by atoms with Gasteiger partial charge >= 0.3 is 5.97 Å². The summed E-state index contributed by atoms with van der Waals surface area (Å²) in [4.78, 5) is 36.0. The molecule has 0 radical (unpaired) electrons. The predicted octanol–water partition coefficient (Wildman–Crippen LogP) is 3.27. The second kappa shape index (κ2) is 12.0. The van der Waals surface area contributed by atoms with Crippen LogP contribution in [0, 0.1) is 0 Å². The van der Waals surface area contributed by atoms with Gasteiger partial charge in [0.1, 0.15) is 5.75 Å². The summed E-state index contributed by atoms with van der Waals surface area (Å²) in [6.07, 6.45) is 0.744. The van der Waals surface area contributed by atoms with E-state index in [0.29, 0.717) is 23.5 Å². The van der Waals surface area contributed by atoms with Crippen molar-refractivity contribution in [2.75, 3.05) is 13.2 Å². The molecule has 2 rings (SSSR count). The van der Waals surface area contributed by atoms with Gasteiger partial charge < -0.3 is 9.47 Å². The van der Waals surface area contributed by atoms with Crippen molar-refractivity contribution in [3.63, 3.8) is 0 Å². The highest BCUT2D eigenvalue weighted by atomic mass is 32.1. The fourth-order valence-corrected chi connectivity index (χ4v) is 2.75. The summed E-state index contributed by atoms with van der Waals surface area (Å²) in [7, 11) is 0. The lowest BCUT2D eigenvalue weighted by Gasteiger charge is -2.19. The molecule has 0 atom stereocenters. The van der Waals surface area contributed by atoms with Crippen LogP contribution in [0.2, 0.25) is 0 Å². The van der Waals surface area contributed by atoms with Gasteiger partial charge in [-0.25, -0.2) is 4.79 Å². The molecule has 3 N–H and O–H groups in total. The third-order valence-corrected chi connectivity index (χ3v) is 4.66. The van der Waals surface area contributed by atoms with Gasteiger partial charge in [0.2, 0.25) is 0 Å². The highest BCUT2D eigenvalue weighted by Crippen LogP contribution is 2.22. The maximum Gasteiger partial charge on any atom is 0.338 e. The first kappa shape index (κ1) is 25.8. The van der Waals surface area contributed by atoms with Crippen molar-refractivity contribution in [1.29, 1.82) is 0 Å². The highest BCUT2D eigenvalue weighted by Gasteiger charge is 2.15. The molecule has 0 saturated heterocycles. The van der Waals surface area contributed by atoms with Crippen LogP contribution < -0.4 is 20.9 Å². The van der Waals surface area contributed by atoms with E-state index in [1.807, 2.05) is 19.1 Å². The average molecular weight is 472 g/mol. The van der Waals surface area contributed by atoms with Crippen LogP contribution >= 0.6 is 12.2 Å². The predicted molar refractivity (Wildman–Crippen MR) is 129 cm³/mol. The van der Waals surface area contributed by atoms with Crippen molar-refractivity contribution >= 4 is 35.1 Å². The van der Waals surface area contributed by atoms with E-state index in [4.69, 9.17) is 21.7 Å². The van der Waals surface area contributed by atoms with E-state index in [1.165, 1.54) is 0 Å². The Kier molecular flexibility index (Phi) is 9.35. The minimum Gasteiger partial charge on any atom is -0.484 e. The molecule has 2 aromatic carbocycles. The summed E-state index contributed by atoms with van der Waals surface area (Å²) in [6.45, 7) is 8.25. The van der Waals surface area contributed by atoms with Crippen LogP contribution in [0.1, 0.15) is 60.4 Å². The van der Waals surface area contributed by atoms with Gasteiger partial charge in [-0.05, 0) is 66.0 Å². The second-order valence-electron chi connectivity index (χ2n) is 8.23. The third kappa shape index (κ3) is 8.53. The number of rotatable bonds is 7. The lowest BCUT2D eigenvalue weighted by molar-refractivity contribution is -0.123. The maximum absolute atomic E-state index is 12.3. The molecule has 0 saturated carbocycles. The molecule has 0 aromatic heterocycles. The third-order valence-electron chi connectivity index (χ3n) is 4.45. The molecule has 0 bridgehead atoms. The molecular formula is C24H29N3O5S. The Bertz CT molecular complexity index is 983. The standard InChI is InChI=1S/C24H29N3O5S/c1-5-14-31-22(30)17-8-12-19(13-9-17)32-15-20(28)26-27-23(33)25-21(29)16-6-10-18(11-7-16)24(2,3)4/h6-13H,5,14-15H2,1-4H3,(H,26,28)(H2,25,27,29,33). The number of ether oxygens (including phenoxy) is 2. The van der Waals surface area contributed by atoms with E-state index in [1.54, 1.807) is 36.4 Å². The summed E-state index contributed by atoms with van der Waals surface area (Å²) < 4.78 is 10.4. The monoisotopic (exact) mass is 471 g/mol. The van der Waals surface area contributed by atoms with Crippen molar-refractivity contribution in [2.24, 2.45) is 0 Å². The Labute approximate surface area is 199 Å². The number of benzene rings is 2. The molecule has 0 fully saturated rings. The molecule has 0 aliphatic carbocycles. The van der Waals surface area contributed by atoms with Gasteiger partial charge in [0.05, 0.1) is 12.2 Å². The molecule has 0 heterocycles. The molecule has 8 nitrogen and oxygen atoms in total. The van der Waals surface area contributed by atoms with E-state index in [2.05, 4.69) is 36.9 Å². The SMILES string of the molecule is CCCOC(=O)c1ccc(OCC(=O)NNC(=S)NC(=O)c2ccc(C(C)(C)C)cc2)cc1. The van der Waals surface area contributed by atoms with Gasteiger partial charge in [-0.15, -0.1) is 0 Å². The molecular weight excluding hydrogens is 442 g/mol. The fraction of sp³-hybridized carbons (Fsp3) is 0.333. The van der Waals surface area contributed by atoms with Crippen molar-refractivity contribution in [3.8, 4) is 5.75 Å². The van der Waals surface area contributed by atoms with Gasteiger partial charge in [-0.3, -0.25) is 25.8 Å². The van der Waals surface area contributed by atoms with Crippen LogP contribution in [-0.4, -0.2) is 36.1 Å². The highest BCUT2D eigenvalue weighted by molar-refractivity contribution is 7.80. The molecule has 0 spiro atoms. The minimum atomic E-state index is -0.507. The molecule has 176 valence electrons. The number of nitrogens with one attached hydrogen (secondary N) is 3. The summed E-state index contributed by atoms with van der Waals surface area (Å²) in [5.74, 6) is -0.901. The Morgan fingerprint density at radius 3 is 2.09 bits per heavy atom. The van der Waals surface area contributed by atoms with E-state index in [9.17, 15) is 14.4 Å². The average Bonchev–Trinajstić information content (AvgIpc) is 2.79. The van der Waals surface area contributed by atoms with Gasteiger partial charge in [0, 0.05) is 5.56 Å². The number of esters is 1. The molecule has 0 aliphatic heterocycles. The van der Waals surface area contributed by atoms with Crippen LogP contribution in [0.3, 0.4) is 0 Å². The zero-order valence-electron chi connectivity index (χ0n) is 19.2. The Hall–Kier alpha value is -3.46. The summed E-state index contributed by atoms with van der Waals surface area (Å²) >= 11 is 5.04. The van der Waals surface area contributed by atoms with E-state index >= 15 is 0 Å². The number of thiocarbonyl (C=S) groups is 1. The van der Waals surface area contributed by atoms with E-state index in [-0.39, 0.29) is 17.1 Å². The Balaban J connectivity index is 1.74. The number of amides is 2. The van der Waals surface area contributed by atoms with Crippen LogP contribution in [0.15, 0.2) is 48.5 Å². The minimum absolute atomic E-state index is 0.0132. The smallest absolute Gasteiger partial charge is 0.338 e. The fourth-order valence-electron chi connectivity index (χ4n) is 2.60.